The molecule has 1 saturated carbocycles. The zero-order chi connectivity index (χ0) is 20.9. The maximum Gasteiger partial charge on any atom is 0.255 e. The van der Waals surface area contributed by atoms with Crippen molar-refractivity contribution in [1.82, 2.24) is 20.4 Å². The highest BCUT2D eigenvalue weighted by molar-refractivity contribution is 5.98. The van der Waals surface area contributed by atoms with Crippen molar-refractivity contribution in [1.29, 1.82) is 0 Å². The molecule has 0 bridgehead atoms. The van der Waals surface area contributed by atoms with Gasteiger partial charge in [0.15, 0.2) is 17.3 Å². The third kappa shape index (κ3) is 4.37. The van der Waals surface area contributed by atoms with Crippen LogP contribution in [0.2, 0.25) is 0 Å². The smallest absolute Gasteiger partial charge is 0.255 e. The fourth-order valence-electron chi connectivity index (χ4n) is 3.89. The van der Waals surface area contributed by atoms with E-state index in [9.17, 15) is 4.79 Å². The molecule has 0 aliphatic heterocycles. The predicted octanol–water partition coefficient (Wildman–Crippen LogP) is 3.13. The molecular formula is C21H30N4O4. The summed E-state index contributed by atoms with van der Waals surface area (Å²) in [5.74, 6) is 1.81. The summed E-state index contributed by atoms with van der Waals surface area (Å²) in [4.78, 5) is 20.0. The minimum atomic E-state index is -0.629. The zero-order valence-electron chi connectivity index (χ0n) is 17.7. The van der Waals surface area contributed by atoms with Gasteiger partial charge in [-0.05, 0) is 38.1 Å². The molecule has 0 saturated heterocycles. The summed E-state index contributed by atoms with van der Waals surface area (Å²) in [5, 5.41) is 7.40. The molecule has 1 fully saturated rings. The van der Waals surface area contributed by atoms with Crippen LogP contribution in [0.5, 0.6) is 11.5 Å². The molecule has 29 heavy (non-hydrogen) atoms. The highest BCUT2D eigenvalue weighted by atomic mass is 16.5. The van der Waals surface area contributed by atoms with E-state index in [2.05, 4.69) is 34.2 Å². The van der Waals surface area contributed by atoms with Crippen molar-refractivity contribution in [2.45, 2.75) is 51.6 Å². The highest BCUT2D eigenvalue weighted by Crippen LogP contribution is 2.38. The maximum absolute atomic E-state index is 13.2. The van der Waals surface area contributed by atoms with Crippen molar-refractivity contribution < 1.29 is 18.8 Å². The molecule has 1 aliphatic carbocycles. The molecule has 1 aliphatic rings. The van der Waals surface area contributed by atoms with Gasteiger partial charge in [0, 0.05) is 0 Å². The first-order valence-electron chi connectivity index (χ1n) is 10.2. The number of amides is 1. The van der Waals surface area contributed by atoms with Gasteiger partial charge in [-0.2, -0.15) is 4.98 Å². The number of carbonyl (C=O) groups excluding carboxylic acids is 1. The first kappa shape index (κ1) is 21.1. The molecule has 1 aromatic heterocycles. The summed E-state index contributed by atoms with van der Waals surface area (Å²) in [6.45, 7) is 6.62. The van der Waals surface area contributed by atoms with Crippen LogP contribution < -0.4 is 14.8 Å². The molecule has 0 unspecified atom stereocenters. The Bertz CT molecular complexity index is 826. The Balaban J connectivity index is 1.85. The SMILES string of the molecule is CCN(CC)Cc1nc(C2(NC(=O)c3cccc(OC)c3OC)CCCC2)no1. The van der Waals surface area contributed by atoms with Crippen LogP contribution in [0.4, 0.5) is 0 Å². The van der Waals surface area contributed by atoms with Crippen molar-refractivity contribution in [3.05, 3.63) is 35.5 Å². The minimum Gasteiger partial charge on any atom is -0.493 e. The van der Waals surface area contributed by atoms with E-state index in [-0.39, 0.29) is 5.91 Å². The van der Waals surface area contributed by atoms with Gasteiger partial charge in [0.05, 0.1) is 26.3 Å². The Morgan fingerprint density at radius 3 is 2.55 bits per heavy atom. The van der Waals surface area contributed by atoms with Crippen LogP contribution in [0, 0.1) is 0 Å². The number of hydrogen-bond donors (Lipinski definition) is 1. The van der Waals surface area contributed by atoms with Crippen LogP contribution in [-0.2, 0) is 12.1 Å². The first-order valence-corrected chi connectivity index (χ1v) is 10.2. The lowest BCUT2D eigenvalue weighted by molar-refractivity contribution is 0.0888. The second kappa shape index (κ2) is 9.26. The molecule has 3 rings (SSSR count). The number of carbonyl (C=O) groups is 1. The number of ether oxygens (including phenoxy) is 2. The van der Waals surface area contributed by atoms with Gasteiger partial charge >= 0.3 is 0 Å². The van der Waals surface area contributed by atoms with Gasteiger partial charge in [-0.15, -0.1) is 0 Å². The average molecular weight is 402 g/mol. The summed E-state index contributed by atoms with van der Waals surface area (Å²) in [5.41, 5.74) is -0.208. The Kier molecular flexibility index (Phi) is 6.74. The van der Waals surface area contributed by atoms with E-state index in [1.54, 1.807) is 25.3 Å². The zero-order valence-corrected chi connectivity index (χ0v) is 17.7. The van der Waals surface area contributed by atoms with Crippen molar-refractivity contribution in [2.75, 3.05) is 27.3 Å². The van der Waals surface area contributed by atoms with Gasteiger partial charge in [0.25, 0.3) is 5.91 Å². The topological polar surface area (TPSA) is 89.7 Å². The van der Waals surface area contributed by atoms with E-state index in [1.165, 1.54) is 7.11 Å². The van der Waals surface area contributed by atoms with E-state index >= 15 is 0 Å². The van der Waals surface area contributed by atoms with Crippen LogP contribution in [-0.4, -0.2) is 48.3 Å². The number of aromatic nitrogens is 2. The molecule has 1 amide bonds. The summed E-state index contributed by atoms with van der Waals surface area (Å²) in [6, 6.07) is 5.26. The summed E-state index contributed by atoms with van der Waals surface area (Å²) >= 11 is 0. The number of methoxy groups -OCH3 is 2. The van der Waals surface area contributed by atoms with Crippen molar-refractivity contribution in [3.8, 4) is 11.5 Å². The summed E-state index contributed by atoms with van der Waals surface area (Å²) < 4.78 is 16.2. The molecule has 158 valence electrons. The van der Waals surface area contributed by atoms with Crippen LogP contribution in [0.3, 0.4) is 0 Å². The van der Waals surface area contributed by atoms with Crippen LogP contribution in [0.25, 0.3) is 0 Å². The van der Waals surface area contributed by atoms with Gasteiger partial charge < -0.3 is 19.3 Å². The normalized spacial score (nSPS) is 15.5. The molecule has 0 radical (unpaired) electrons. The first-order chi connectivity index (χ1) is 14.1. The monoisotopic (exact) mass is 402 g/mol. The Morgan fingerprint density at radius 2 is 1.93 bits per heavy atom. The predicted molar refractivity (Wildman–Crippen MR) is 108 cm³/mol. The van der Waals surface area contributed by atoms with E-state index < -0.39 is 5.54 Å². The Labute approximate surface area is 171 Å². The number of para-hydroxylation sites is 1. The van der Waals surface area contributed by atoms with Crippen molar-refractivity contribution in [3.63, 3.8) is 0 Å². The number of nitrogens with zero attached hydrogens (tertiary/aromatic N) is 3. The fourth-order valence-corrected chi connectivity index (χ4v) is 3.89. The molecule has 8 heteroatoms. The number of nitrogens with one attached hydrogen (secondary N) is 1. The van der Waals surface area contributed by atoms with E-state index in [0.29, 0.717) is 35.3 Å². The van der Waals surface area contributed by atoms with Gasteiger partial charge in [-0.1, -0.05) is 37.9 Å². The summed E-state index contributed by atoms with van der Waals surface area (Å²) in [6.07, 6.45) is 3.54. The number of benzene rings is 1. The Hall–Kier alpha value is -2.61. The third-order valence-electron chi connectivity index (χ3n) is 5.61. The van der Waals surface area contributed by atoms with Crippen LogP contribution in [0.1, 0.15) is 61.6 Å². The van der Waals surface area contributed by atoms with Gasteiger partial charge in [0.2, 0.25) is 5.89 Å². The highest BCUT2D eigenvalue weighted by Gasteiger charge is 2.42. The molecule has 0 atom stereocenters. The van der Waals surface area contributed by atoms with E-state index in [4.69, 9.17) is 14.0 Å². The lowest BCUT2D eigenvalue weighted by Crippen LogP contribution is -2.44. The molecule has 0 spiro atoms. The second-order valence-corrected chi connectivity index (χ2v) is 7.26. The number of hydrogen-bond acceptors (Lipinski definition) is 7. The maximum atomic E-state index is 13.2. The van der Waals surface area contributed by atoms with Gasteiger partial charge in [0.1, 0.15) is 5.54 Å². The minimum absolute atomic E-state index is 0.238. The number of rotatable bonds is 9. The average Bonchev–Trinajstić information content (AvgIpc) is 3.41. The van der Waals surface area contributed by atoms with Gasteiger partial charge in [-0.3, -0.25) is 9.69 Å². The third-order valence-corrected chi connectivity index (χ3v) is 5.61. The van der Waals surface area contributed by atoms with Crippen LogP contribution >= 0.6 is 0 Å². The molecule has 1 aromatic carbocycles. The fraction of sp³-hybridized carbons (Fsp3) is 0.571. The van der Waals surface area contributed by atoms with Crippen molar-refractivity contribution in [2.24, 2.45) is 0 Å². The molecule has 1 N–H and O–H groups in total. The molecule has 1 heterocycles. The van der Waals surface area contributed by atoms with E-state index in [0.717, 1.165) is 38.8 Å². The second-order valence-electron chi connectivity index (χ2n) is 7.26. The molecular weight excluding hydrogens is 372 g/mol. The molecule has 2 aromatic rings. The lowest BCUT2D eigenvalue weighted by Gasteiger charge is -2.27. The Morgan fingerprint density at radius 1 is 1.21 bits per heavy atom. The van der Waals surface area contributed by atoms with E-state index in [1.807, 2.05) is 0 Å². The van der Waals surface area contributed by atoms with Crippen molar-refractivity contribution >= 4 is 5.91 Å². The summed E-state index contributed by atoms with van der Waals surface area (Å²) in [7, 11) is 3.08. The standard InChI is InChI=1S/C21H30N4O4/c1-5-25(6-2)14-17-22-20(24-29-17)21(12-7-8-13-21)23-19(26)15-10-9-11-16(27-3)18(15)28-4/h9-11H,5-8,12-14H2,1-4H3,(H,23,26). The van der Waals surface area contributed by atoms with Crippen LogP contribution in [0.15, 0.2) is 22.7 Å². The van der Waals surface area contributed by atoms with Gasteiger partial charge in [-0.25, -0.2) is 0 Å². The quantitative estimate of drug-likeness (QED) is 0.689. The largest absolute Gasteiger partial charge is 0.493 e. The molecule has 8 nitrogen and oxygen atoms in total. The lowest BCUT2D eigenvalue weighted by atomic mass is 9.95.